The molecule has 0 spiro atoms. The molecule has 24 heavy (non-hydrogen) atoms. The zero-order valence-corrected chi connectivity index (χ0v) is 15.5. The van der Waals surface area contributed by atoms with Crippen molar-refractivity contribution in [2.24, 2.45) is 28.6 Å². The summed E-state index contributed by atoms with van der Waals surface area (Å²) in [5, 5.41) is 17.2. The lowest BCUT2D eigenvalue weighted by Crippen LogP contribution is -2.56. The second-order valence-corrected chi connectivity index (χ2v) is 8.77. The van der Waals surface area contributed by atoms with Gasteiger partial charge < -0.3 is 15.7 Å². The number of fused-ring (bicyclic) bond motifs is 5. The summed E-state index contributed by atoms with van der Waals surface area (Å²) < 4.78 is 0. The fourth-order valence-corrected chi connectivity index (χ4v) is 6.50. The van der Waals surface area contributed by atoms with E-state index in [-0.39, 0.29) is 11.5 Å². The summed E-state index contributed by atoms with van der Waals surface area (Å²) in [6.45, 7) is 4.88. The van der Waals surface area contributed by atoms with Crippen LogP contribution in [0.1, 0.15) is 39.5 Å². The van der Waals surface area contributed by atoms with E-state index < -0.39 is 0 Å². The Bertz CT molecular complexity index is 621. The molecular formula is C21H32N2O. The minimum Gasteiger partial charge on any atom is -0.391 e. The topological polar surface area (TPSA) is 44.3 Å². The highest BCUT2D eigenvalue weighted by Crippen LogP contribution is 2.63. The highest BCUT2D eigenvalue weighted by Gasteiger charge is 2.58. The molecule has 4 rings (SSSR count). The number of aliphatic hydroxyl groups excluding tert-OH is 1. The summed E-state index contributed by atoms with van der Waals surface area (Å²) in [5.41, 5.74) is 3.32. The molecule has 0 aromatic carbocycles. The Morgan fingerprint density at radius 3 is 2.71 bits per heavy atom. The van der Waals surface area contributed by atoms with Crippen molar-refractivity contribution in [3.63, 3.8) is 0 Å². The highest BCUT2D eigenvalue weighted by molar-refractivity contribution is 5.36. The van der Waals surface area contributed by atoms with E-state index in [2.05, 4.69) is 56.8 Å². The van der Waals surface area contributed by atoms with Crippen LogP contribution < -0.4 is 10.6 Å². The first-order chi connectivity index (χ1) is 11.4. The van der Waals surface area contributed by atoms with E-state index in [1.807, 2.05) is 6.08 Å². The van der Waals surface area contributed by atoms with Crippen LogP contribution in [0.3, 0.4) is 0 Å². The maximum atomic E-state index is 10.1. The Kier molecular flexibility index (Phi) is 3.74. The summed E-state index contributed by atoms with van der Waals surface area (Å²) in [6.07, 6.45) is 13.5. The maximum absolute atomic E-state index is 10.1. The smallest absolute Gasteiger partial charge is 0.0758 e. The van der Waals surface area contributed by atoms with E-state index in [0.717, 1.165) is 6.42 Å². The third-order valence-electron chi connectivity index (χ3n) is 7.87. The summed E-state index contributed by atoms with van der Waals surface area (Å²) in [6, 6.07) is 0.422. The van der Waals surface area contributed by atoms with Gasteiger partial charge in [0.25, 0.3) is 0 Å². The highest BCUT2D eigenvalue weighted by atomic mass is 16.3. The number of aliphatic hydroxyl groups is 1. The molecule has 0 saturated heterocycles. The Morgan fingerprint density at radius 2 is 2.00 bits per heavy atom. The van der Waals surface area contributed by atoms with E-state index >= 15 is 0 Å². The zero-order valence-electron chi connectivity index (χ0n) is 15.5. The minimum atomic E-state index is -0.309. The van der Waals surface area contributed by atoms with Gasteiger partial charge in [-0.2, -0.15) is 0 Å². The van der Waals surface area contributed by atoms with Gasteiger partial charge in [0, 0.05) is 29.6 Å². The number of hydrogen-bond acceptors (Lipinski definition) is 3. The van der Waals surface area contributed by atoms with Gasteiger partial charge in [0.1, 0.15) is 0 Å². The van der Waals surface area contributed by atoms with Gasteiger partial charge in [-0.3, -0.25) is 0 Å². The predicted molar refractivity (Wildman–Crippen MR) is 98.4 cm³/mol. The first-order valence-corrected chi connectivity index (χ1v) is 9.58. The zero-order chi connectivity index (χ0) is 17.1. The van der Waals surface area contributed by atoms with Crippen LogP contribution in [-0.4, -0.2) is 31.3 Å². The quantitative estimate of drug-likeness (QED) is 0.683. The third-order valence-corrected chi connectivity index (χ3v) is 7.87. The number of likely N-dealkylation sites (N-methyl/N-ethyl adjacent to an activating group) is 1. The van der Waals surface area contributed by atoms with Gasteiger partial charge in [-0.05, 0) is 50.5 Å². The van der Waals surface area contributed by atoms with E-state index in [4.69, 9.17) is 0 Å². The van der Waals surface area contributed by atoms with Crippen LogP contribution in [0, 0.1) is 28.6 Å². The first-order valence-electron chi connectivity index (χ1n) is 9.58. The normalized spacial score (nSPS) is 49.6. The molecule has 0 heterocycles. The molecule has 0 aromatic rings. The second-order valence-electron chi connectivity index (χ2n) is 8.77. The van der Waals surface area contributed by atoms with Crippen LogP contribution in [0.2, 0.25) is 0 Å². The van der Waals surface area contributed by atoms with Gasteiger partial charge in [0.05, 0.1) is 6.10 Å². The van der Waals surface area contributed by atoms with Crippen molar-refractivity contribution in [3.8, 4) is 0 Å². The molecule has 0 bridgehead atoms. The van der Waals surface area contributed by atoms with E-state index in [9.17, 15) is 5.11 Å². The van der Waals surface area contributed by atoms with E-state index in [1.54, 1.807) is 0 Å². The molecule has 0 amide bonds. The number of allylic oxidation sites excluding steroid dienone is 3. The molecule has 1 saturated carbocycles. The largest absolute Gasteiger partial charge is 0.391 e. The molecule has 132 valence electrons. The Labute approximate surface area is 146 Å². The van der Waals surface area contributed by atoms with Crippen molar-refractivity contribution in [1.82, 2.24) is 10.6 Å². The molecule has 3 N–H and O–H groups in total. The molecule has 0 aliphatic heterocycles. The van der Waals surface area contributed by atoms with E-state index in [1.165, 1.54) is 30.5 Å². The van der Waals surface area contributed by atoms with Crippen molar-refractivity contribution in [3.05, 3.63) is 35.6 Å². The van der Waals surface area contributed by atoms with Crippen molar-refractivity contribution in [2.75, 3.05) is 14.1 Å². The Hall–Kier alpha value is -1.06. The molecule has 4 aliphatic rings. The molecule has 0 radical (unpaired) electrons. The van der Waals surface area contributed by atoms with Gasteiger partial charge >= 0.3 is 0 Å². The maximum Gasteiger partial charge on any atom is 0.0758 e. The molecule has 2 unspecified atom stereocenters. The summed E-state index contributed by atoms with van der Waals surface area (Å²) in [4.78, 5) is 0. The van der Waals surface area contributed by atoms with Crippen molar-refractivity contribution in [1.29, 1.82) is 0 Å². The lowest BCUT2D eigenvalue weighted by atomic mass is 9.48. The van der Waals surface area contributed by atoms with Gasteiger partial charge in [-0.25, -0.2) is 0 Å². The molecular weight excluding hydrogens is 296 g/mol. The first kappa shape index (κ1) is 16.4. The molecule has 1 fully saturated rings. The fourth-order valence-electron chi connectivity index (χ4n) is 6.50. The van der Waals surface area contributed by atoms with Crippen LogP contribution in [0.4, 0.5) is 0 Å². The summed E-state index contributed by atoms with van der Waals surface area (Å²) in [7, 11) is 4.18. The van der Waals surface area contributed by atoms with Crippen LogP contribution in [0.25, 0.3) is 0 Å². The van der Waals surface area contributed by atoms with Gasteiger partial charge in [-0.1, -0.05) is 43.7 Å². The number of hydrogen-bond donors (Lipinski definition) is 3. The summed E-state index contributed by atoms with van der Waals surface area (Å²) in [5.74, 6) is 2.02. The average molecular weight is 329 g/mol. The lowest BCUT2D eigenvalue weighted by Gasteiger charge is -2.58. The summed E-state index contributed by atoms with van der Waals surface area (Å²) >= 11 is 0. The molecule has 3 heteroatoms. The lowest BCUT2D eigenvalue weighted by molar-refractivity contribution is -0.0115. The van der Waals surface area contributed by atoms with Crippen LogP contribution in [-0.2, 0) is 0 Å². The Morgan fingerprint density at radius 1 is 1.21 bits per heavy atom. The van der Waals surface area contributed by atoms with Crippen molar-refractivity contribution in [2.45, 2.75) is 51.7 Å². The monoisotopic (exact) mass is 328 g/mol. The fraction of sp³-hybridized carbons (Fsp3) is 0.714. The predicted octanol–water partition coefficient (Wildman–Crippen LogP) is 3.00. The average Bonchev–Trinajstić information content (AvgIpc) is 2.91. The SMILES string of the molecule is CNC1=CC[C@H]2[C@@H]3C(NC)C=C4CC(O)C=C[C@]4(C)[C@@H]3CC[C@]12C. The van der Waals surface area contributed by atoms with E-state index in [0.29, 0.717) is 29.2 Å². The van der Waals surface area contributed by atoms with Gasteiger partial charge in [-0.15, -0.1) is 0 Å². The second kappa shape index (κ2) is 5.47. The van der Waals surface area contributed by atoms with Crippen LogP contribution in [0.15, 0.2) is 35.6 Å². The third kappa shape index (κ3) is 2.04. The Balaban J connectivity index is 1.76. The molecule has 0 aromatic heterocycles. The molecule has 3 nitrogen and oxygen atoms in total. The van der Waals surface area contributed by atoms with Crippen molar-refractivity contribution >= 4 is 0 Å². The van der Waals surface area contributed by atoms with Crippen molar-refractivity contribution < 1.29 is 5.11 Å². The van der Waals surface area contributed by atoms with Gasteiger partial charge in [0.2, 0.25) is 0 Å². The number of nitrogens with one attached hydrogen (secondary N) is 2. The molecule has 4 aliphatic carbocycles. The molecule has 7 atom stereocenters. The van der Waals surface area contributed by atoms with Crippen LogP contribution in [0.5, 0.6) is 0 Å². The number of rotatable bonds is 2. The van der Waals surface area contributed by atoms with Crippen LogP contribution >= 0.6 is 0 Å². The minimum absolute atomic E-state index is 0.126. The standard InChI is InChI=1S/C21H32N2O/c1-20-9-7-14(24)11-13(20)12-17(22-3)19-15-5-6-18(23-4)21(15,2)10-8-16(19)20/h6-7,9,12,14-17,19,22-24H,5,8,10-11H2,1-4H3/t14?,15-,16+,17?,19-,20-,21-/m0/s1. The van der Waals surface area contributed by atoms with Gasteiger partial charge in [0.15, 0.2) is 0 Å².